The Kier molecular flexibility index (Phi) is 4.83. The van der Waals surface area contributed by atoms with Gasteiger partial charge in [-0.3, -0.25) is 14.5 Å². The molecule has 0 amide bonds. The molecule has 3 aliphatic rings. The van der Waals surface area contributed by atoms with E-state index in [-0.39, 0.29) is 5.54 Å². The fourth-order valence-corrected chi connectivity index (χ4v) is 5.20. The first-order chi connectivity index (χ1) is 14.6. The van der Waals surface area contributed by atoms with E-state index in [1.165, 1.54) is 25.8 Å². The summed E-state index contributed by atoms with van der Waals surface area (Å²) in [7, 11) is 1.88. The molecule has 30 heavy (non-hydrogen) atoms. The maximum Gasteiger partial charge on any atom is 0.229 e. The molecule has 1 N–H and O–H groups in total. The van der Waals surface area contributed by atoms with E-state index >= 15 is 0 Å². The predicted octanol–water partition coefficient (Wildman–Crippen LogP) is 1.86. The zero-order valence-electron chi connectivity index (χ0n) is 17.8. The van der Waals surface area contributed by atoms with Crippen molar-refractivity contribution in [2.24, 2.45) is 7.05 Å². The maximum absolute atomic E-state index is 9.55. The molecule has 0 aliphatic carbocycles. The van der Waals surface area contributed by atoms with Crippen LogP contribution in [0.3, 0.4) is 0 Å². The van der Waals surface area contributed by atoms with Crippen molar-refractivity contribution in [1.82, 2.24) is 29.5 Å². The van der Waals surface area contributed by atoms with Gasteiger partial charge in [0.25, 0.3) is 0 Å². The molecular formula is C21H29N9. The lowest BCUT2D eigenvalue weighted by Crippen LogP contribution is -2.73. The molecule has 5 rings (SSSR count). The molecule has 3 saturated heterocycles. The molecule has 3 aliphatic heterocycles. The summed E-state index contributed by atoms with van der Waals surface area (Å²) in [4.78, 5) is 16.7. The Balaban J connectivity index is 1.31. The molecule has 2 aromatic rings. The van der Waals surface area contributed by atoms with E-state index in [2.05, 4.69) is 36.2 Å². The minimum absolute atomic E-state index is 0.0728. The molecule has 2 aromatic heterocycles. The standard InChI is InChI=1S/C21H29N9/c1-16-10-23-20(25-17-11-24-27(2)12-17)26-19(16)29-13-21(14-29,6-7-22)30-9-5-18-4-3-8-28(18)15-30/h10-12,18H,3-6,8-9,13-15H2,1-2H3,(H,23,25,26)/t18-/m0/s1. The first-order valence-corrected chi connectivity index (χ1v) is 10.8. The molecule has 0 spiro atoms. The lowest BCUT2D eigenvalue weighted by Gasteiger charge is -2.58. The highest BCUT2D eigenvalue weighted by Crippen LogP contribution is 2.38. The number of aryl methyl sites for hydroxylation is 2. The average Bonchev–Trinajstić information content (AvgIpc) is 3.34. The van der Waals surface area contributed by atoms with Crippen molar-refractivity contribution in [2.45, 2.75) is 44.2 Å². The number of nitrogens with one attached hydrogen (secondary N) is 1. The van der Waals surface area contributed by atoms with Gasteiger partial charge in [-0.25, -0.2) is 4.98 Å². The number of rotatable bonds is 5. The quantitative estimate of drug-likeness (QED) is 0.803. The smallest absolute Gasteiger partial charge is 0.229 e. The Labute approximate surface area is 177 Å². The van der Waals surface area contributed by atoms with Crippen molar-refractivity contribution >= 4 is 17.5 Å². The Morgan fingerprint density at radius 2 is 2.13 bits per heavy atom. The van der Waals surface area contributed by atoms with Crippen LogP contribution in [-0.2, 0) is 7.05 Å². The van der Waals surface area contributed by atoms with Gasteiger partial charge in [0, 0.05) is 50.7 Å². The van der Waals surface area contributed by atoms with Gasteiger partial charge in [0.1, 0.15) is 5.82 Å². The summed E-state index contributed by atoms with van der Waals surface area (Å²) in [6, 6.07) is 3.21. The molecule has 158 valence electrons. The van der Waals surface area contributed by atoms with Crippen molar-refractivity contribution in [3.05, 3.63) is 24.2 Å². The normalized spacial score (nSPS) is 23.6. The van der Waals surface area contributed by atoms with Crippen LogP contribution in [0.1, 0.15) is 31.2 Å². The third kappa shape index (κ3) is 3.40. The van der Waals surface area contributed by atoms with Crippen LogP contribution in [0.2, 0.25) is 0 Å². The minimum atomic E-state index is -0.0728. The number of fused-ring (bicyclic) bond motifs is 1. The highest BCUT2D eigenvalue weighted by Gasteiger charge is 2.50. The Morgan fingerprint density at radius 1 is 1.27 bits per heavy atom. The molecule has 0 aromatic carbocycles. The van der Waals surface area contributed by atoms with Gasteiger partial charge in [-0.05, 0) is 32.7 Å². The topological polar surface area (TPSA) is 89.1 Å². The Bertz CT molecular complexity index is 956. The van der Waals surface area contributed by atoms with Crippen molar-refractivity contribution in [3.63, 3.8) is 0 Å². The van der Waals surface area contributed by atoms with Gasteiger partial charge in [-0.2, -0.15) is 15.3 Å². The summed E-state index contributed by atoms with van der Waals surface area (Å²) in [5, 5.41) is 17.0. The molecule has 9 nitrogen and oxygen atoms in total. The first kappa shape index (κ1) is 19.3. The molecule has 3 fully saturated rings. The van der Waals surface area contributed by atoms with E-state index < -0.39 is 0 Å². The van der Waals surface area contributed by atoms with Crippen molar-refractivity contribution in [1.29, 1.82) is 5.26 Å². The molecule has 0 radical (unpaired) electrons. The summed E-state index contributed by atoms with van der Waals surface area (Å²) in [6.07, 6.45) is 9.94. The molecule has 5 heterocycles. The second-order valence-electron chi connectivity index (χ2n) is 8.95. The molecular weight excluding hydrogens is 378 g/mol. The van der Waals surface area contributed by atoms with Crippen LogP contribution in [0.25, 0.3) is 0 Å². The van der Waals surface area contributed by atoms with Crippen molar-refractivity contribution in [2.75, 3.05) is 43.1 Å². The van der Waals surface area contributed by atoms with Gasteiger partial charge in [-0.15, -0.1) is 0 Å². The highest BCUT2D eigenvalue weighted by molar-refractivity contribution is 5.57. The van der Waals surface area contributed by atoms with Crippen molar-refractivity contribution in [3.8, 4) is 6.07 Å². The van der Waals surface area contributed by atoms with Crippen molar-refractivity contribution < 1.29 is 0 Å². The van der Waals surface area contributed by atoms with Crippen LogP contribution in [0.15, 0.2) is 18.6 Å². The summed E-state index contributed by atoms with van der Waals surface area (Å²) in [5.74, 6) is 1.51. The Hall–Kier alpha value is -2.70. The second-order valence-corrected chi connectivity index (χ2v) is 8.95. The summed E-state index contributed by atoms with van der Waals surface area (Å²) in [5.41, 5.74) is 1.84. The summed E-state index contributed by atoms with van der Waals surface area (Å²) >= 11 is 0. The number of nitrogens with zero attached hydrogens (tertiary/aromatic N) is 8. The SMILES string of the molecule is Cc1cnc(Nc2cnn(C)c2)nc1N1CC(CC#N)(N2CC[C@@H]3CCCN3C2)C1. The predicted molar refractivity (Wildman–Crippen MR) is 114 cm³/mol. The van der Waals surface area contributed by atoms with Crippen LogP contribution in [0.5, 0.6) is 0 Å². The number of hydrogen-bond acceptors (Lipinski definition) is 8. The number of hydrogen-bond donors (Lipinski definition) is 1. The fraction of sp³-hybridized carbons (Fsp3) is 0.619. The first-order valence-electron chi connectivity index (χ1n) is 10.8. The van der Waals surface area contributed by atoms with E-state index in [0.29, 0.717) is 12.4 Å². The van der Waals surface area contributed by atoms with Gasteiger partial charge in [-0.1, -0.05) is 0 Å². The molecule has 1 atom stereocenters. The van der Waals surface area contributed by atoms with E-state index in [1.807, 2.05) is 26.4 Å². The zero-order chi connectivity index (χ0) is 20.7. The third-order valence-electron chi connectivity index (χ3n) is 6.84. The largest absolute Gasteiger partial charge is 0.352 e. The van der Waals surface area contributed by atoms with E-state index in [1.54, 1.807) is 10.9 Å². The monoisotopic (exact) mass is 407 g/mol. The second kappa shape index (κ2) is 7.52. The zero-order valence-corrected chi connectivity index (χ0v) is 17.8. The van der Waals surface area contributed by atoms with Gasteiger partial charge < -0.3 is 10.2 Å². The minimum Gasteiger partial charge on any atom is -0.352 e. The molecule has 9 heteroatoms. The molecule has 0 saturated carbocycles. The van der Waals surface area contributed by atoms with Gasteiger partial charge >= 0.3 is 0 Å². The van der Waals surface area contributed by atoms with E-state index in [4.69, 9.17) is 4.98 Å². The van der Waals surface area contributed by atoms with Crippen LogP contribution in [0.4, 0.5) is 17.5 Å². The number of nitriles is 1. The number of aromatic nitrogens is 4. The van der Waals surface area contributed by atoms with Gasteiger partial charge in [0.2, 0.25) is 5.95 Å². The van der Waals surface area contributed by atoms with Crippen LogP contribution >= 0.6 is 0 Å². The maximum atomic E-state index is 9.55. The van der Waals surface area contributed by atoms with E-state index in [9.17, 15) is 5.26 Å². The van der Waals surface area contributed by atoms with Gasteiger partial charge in [0.15, 0.2) is 0 Å². The fourth-order valence-electron chi connectivity index (χ4n) is 5.20. The highest BCUT2D eigenvalue weighted by atomic mass is 15.4. The summed E-state index contributed by atoms with van der Waals surface area (Å²) < 4.78 is 1.74. The van der Waals surface area contributed by atoms with Gasteiger partial charge in [0.05, 0.1) is 36.6 Å². The van der Waals surface area contributed by atoms with E-state index in [0.717, 1.165) is 49.4 Å². The molecule has 0 unspecified atom stereocenters. The average molecular weight is 408 g/mol. The van der Waals surface area contributed by atoms with Crippen LogP contribution in [-0.4, -0.2) is 74.0 Å². The van der Waals surface area contributed by atoms with Crippen LogP contribution in [0, 0.1) is 18.3 Å². The molecule has 0 bridgehead atoms. The lowest BCUT2D eigenvalue weighted by molar-refractivity contribution is -0.0290. The number of anilines is 3. The van der Waals surface area contributed by atoms with Crippen LogP contribution < -0.4 is 10.2 Å². The lowest BCUT2D eigenvalue weighted by atomic mass is 9.83. The Morgan fingerprint density at radius 3 is 2.90 bits per heavy atom. The third-order valence-corrected chi connectivity index (χ3v) is 6.84. The summed E-state index contributed by atoms with van der Waals surface area (Å²) in [6.45, 7) is 7.00.